The third-order valence-electron chi connectivity index (χ3n) is 4.79. The summed E-state index contributed by atoms with van der Waals surface area (Å²) >= 11 is 2.18. The van der Waals surface area contributed by atoms with E-state index >= 15 is 0 Å². The van der Waals surface area contributed by atoms with Crippen LogP contribution >= 0.6 is 22.6 Å². The molecule has 0 saturated carbocycles. The van der Waals surface area contributed by atoms with Crippen LogP contribution in [0.5, 0.6) is 0 Å². The SMILES string of the molecule is Cc1[nH]n(-c2ccc(I)cc2)c(=O)c1N=Nc1c(C)[nH]n(-c2ccc(C(=O)O)cc2)c1=O. The van der Waals surface area contributed by atoms with E-state index in [1.54, 1.807) is 13.8 Å². The maximum absolute atomic E-state index is 12.8. The van der Waals surface area contributed by atoms with E-state index in [1.165, 1.54) is 33.6 Å². The first kappa shape index (κ1) is 21.5. The second kappa shape index (κ2) is 8.42. The molecule has 0 fully saturated rings. The van der Waals surface area contributed by atoms with Crippen molar-refractivity contribution in [2.75, 3.05) is 0 Å². The number of halogens is 1. The van der Waals surface area contributed by atoms with E-state index in [4.69, 9.17) is 5.11 Å². The van der Waals surface area contributed by atoms with E-state index in [0.717, 1.165) is 3.57 Å². The Bertz CT molecular complexity index is 1460. The highest BCUT2D eigenvalue weighted by Crippen LogP contribution is 2.20. The molecule has 32 heavy (non-hydrogen) atoms. The van der Waals surface area contributed by atoms with Crippen LogP contribution in [0.1, 0.15) is 21.7 Å². The summed E-state index contributed by atoms with van der Waals surface area (Å²) in [5, 5.41) is 23.0. The molecule has 10 nitrogen and oxygen atoms in total. The Kier molecular flexibility index (Phi) is 5.65. The van der Waals surface area contributed by atoms with Crippen LogP contribution in [0.25, 0.3) is 11.4 Å². The number of nitrogens with zero attached hydrogens (tertiary/aromatic N) is 4. The number of carbonyl (C=O) groups is 1. The van der Waals surface area contributed by atoms with E-state index in [1.807, 2.05) is 24.3 Å². The number of hydrogen-bond acceptors (Lipinski definition) is 5. The van der Waals surface area contributed by atoms with Crippen molar-refractivity contribution >= 4 is 39.9 Å². The Balaban J connectivity index is 1.69. The molecule has 4 aromatic rings. The number of aryl methyl sites for hydroxylation is 2. The number of aromatic carboxylic acids is 1. The topological polar surface area (TPSA) is 138 Å². The monoisotopic (exact) mass is 544 g/mol. The van der Waals surface area contributed by atoms with Gasteiger partial charge in [0.1, 0.15) is 0 Å². The zero-order chi connectivity index (χ0) is 23.0. The number of aromatic nitrogens is 4. The molecule has 0 radical (unpaired) electrons. The van der Waals surface area contributed by atoms with Gasteiger partial charge in [0.2, 0.25) is 0 Å². The molecular formula is C21H17IN6O4. The molecule has 162 valence electrons. The molecule has 2 aromatic heterocycles. The zero-order valence-electron chi connectivity index (χ0n) is 17.0. The minimum Gasteiger partial charge on any atom is -0.478 e. The van der Waals surface area contributed by atoms with E-state index in [0.29, 0.717) is 22.8 Å². The van der Waals surface area contributed by atoms with Crippen molar-refractivity contribution in [3.8, 4) is 11.4 Å². The summed E-state index contributed by atoms with van der Waals surface area (Å²) in [5.74, 6) is -1.06. The lowest BCUT2D eigenvalue weighted by molar-refractivity contribution is 0.0697. The fourth-order valence-electron chi connectivity index (χ4n) is 3.12. The lowest BCUT2D eigenvalue weighted by atomic mass is 10.2. The predicted octanol–water partition coefficient (Wildman–Crippen LogP) is 3.98. The molecule has 11 heteroatoms. The first-order valence-electron chi connectivity index (χ1n) is 9.41. The normalized spacial score (nSPS) is 11.3. The Hall–Kier alpha value is -3.74. The van der Waals surface area contributed by atoms with Crippen LogP contribution in [0.4, 0.5) is 11.4 Å². The van der Waals surface area contributed by atoms with Crippen LogP contribution in [-0.4, -0.2) is 30.6 Å². The standard InChI is InChI=1S/C21H17IN6O4/c1-11-17(19(29)27(25-11)15-7-3-13(4-8-15)21(31)32)23-24-18-12(2)26-28(20(18)30)16-9-5-14(22)6-10-16/h3-10,25-26H,1-2H3,(H,31,32). The van der Waals surface area contributed by atoms with Crippen LogP contribution in [0.3, 0.4) is 0 Å². The average molecular weight is 544 g/mol. The summed E-state index contributed by atoms with van der Waals surface area (Å²) in [6, 6.07) is 13.2. The van der Waals surface area contributed by atoms with Crippen molar-refractivity contribution < 1.29 is 9.90 Å². The lowest BCUT2D eigenvalue weighted by Gasteiger charge is -2.01. The molecule has 0 unspecified atom stereocenters. The number of azo groups is 1. The molecular weight excluding hydrogens is 527 g/mol. The molecule has 0 saturated heterocycles. The van der Waals surface area contributed by atoms with Crippen LogP contribution < -0.4 is 11.1 Å². The molecule has 0 aliphatic rings. The highest BCUT2D eigenvalue weighted by atomic mass is 127. The van der Waals surface area contributed by atoms with Gasteiger partial charge < -0.3 is 5.11 Å². The van der Waals surface area contributed by atoms with Gasteiger partial charge >= 0.3 is 5.97 Å². The molecule has 0 amide bonds. The fraction of sp³-hybridized carbons (Fsp3) is 0.0952. The number of rotatable bonds is 5. The Labute approximate surface area is 194 Å². The summed E-state index contributed by atoms with van der Waals surface area (Å²) in [5.41, 5.74) is 1.47. The minimum absolute atomic E-state index is 0.0492. The molecule has 0 bridgehead atoms. The molecule has 0 aliphatic carbocycles. The smallest absolute Gasteiger partial charge is 0.335 e. The van der Waals surface area contributed by atoms with E-state index < -0.39 is 11.5 Å². The molecule has 3 N–H and O–H groups in total. The summed E-state index contributed by atoms with van der Waals surface area (Å²) in [6.45, 7) is 3.36. The van der Waals surface area contributed by atoms with Crippen molar-refractivity contribution in [1.29, 1.82) is 0 Å². The van der Waals surface area contributed by atoms with Gasteiger partial charge in [0, 0.05) is 3.57 Å². The molecule has 0 aliphatic heterocycles. The predicted molar refractivity (Wildman–Crippen MR) is 126 cm³/mol. The van der Waals surface area contributed by atoms with Gasteiger partial charge in [-0.05, 0) is 85.0 Å². The van der Waals surface area contributed by atoms with Crippen molar-refractivity contribution in [3.05, 3.63) is 89.8 Å². The largest absolute Gasteiger partial charge is 0.478 e. The summed E-state index contributed by atoms with van der Waals surface area (Å²) in [7, 11) is 0. The van der Waals surface area contributed by atoms with Gasteiger partial charge in [-0.15, -0.1) is 10.2 Å². The molecule has 0 atom stereocenters. The molecule has 0 spiro atoms. The number of carboxylic acids is 1. The van der Waals surface area contributed by atoms with Gasteiger partial charge in [-0.1, -0.05) is 0 Å². The van der Waals surface area contributed by atoms with Gasteiger partial charge in [-0.2, -0.15) is 0 Å². The van der Waals surface area contributed by atoms with Crippen LogP contribution in [0.15, 0.2) is 68.3 Å². The summed E-state index contributed by atoms with van der Waals surface area (Å²) in [6.07, 6.45) is 0. The molecule has 2 heterocycles. The summed E-state index contributed by atoms with van der Waals surface area (Å²) < 4.78 is 3.65. The fourth-order valence-corrected chi connectivity index (χ4v) is 3.48. The van der Waals surface area contributed by atoms with Crippen molar-refractivity contribution in [2.45, 2.75) is 13.8 Å². The van der Waals surface area contributed by atoms with Gasteiger partial charge in [0.25, 0.3) is 11.1 Å². The summed E-state index contributed by atoms with van der Waals surface area (Å²) in [4.78, 5) is 36.7. The van der Waals surface area contributed by atoms with E-state index in [9.17, 15) is 14.4 Å². The van der Waals surface area contributed by atoms with Crippen molar-refractivity contribution in [1.82, 2.24) is 19.6 Å². The molecule has 4 rings (SSSR count). The Morgan fingerprint density at radius 2 is 1.22 bits per heavy atom. The second-order valence-corrected chi connectivity index (χ2v) is 8.23. The van der Waals surface area contributed by atoms with Gasteiger partial charge in [-0.3, -0.25) is 19.8 Å². The third kappa shape index (κ3) is 3.93. The first-order valence-corrected chi connectivity index (χ1v) is 10.5. The Morgan fingerprint density at radius 3 is 1.62 bits per heavy atom. The highest BCUT2D eigenvalue weighted by Gasteiger charge is 2.15. The van der Waals surface area contributed by atoms with Crippen LogP contribution in [0.2, 0.25) is 0 Å². The number of H-pyrrole nitrogens is 2. The van der Waals surface area contributed by atoms with E-state index in [-0.39, 0.29) is 22.5 Å². The second-order valence-electron chi connectivity index (χ2n) is 6.98. The average Bonchev–Trinajstić information content (AvgIpc) is 3.22. The van der Waals surface area contributed by atoms with Crippen molar-refractivity contribution in [3.63, 3.8) is 0 Å². The molecule has 2 aromatic carbocycles. The van der Waals surface area contributed by atoms with Crippen LogP contribution in [-0.2, 0) is 0 Å². The van der Waals surface area contributed by atoms with E-state index in [2.05, 4.69) is 43.0 Å². The minimum atomic E-state index is -1.06. The van der Waals surface area contributed by atoms with Gasteiger partial charge in [0.15, 0.2) is 11.4 Å². The van der Waals surface area contributed by atoms with Crippen LogP contribution in [0, 0.1) is 17.4 Å². The number of nitrogens with one attached hydrogen (secondary N) is 2. The number of carboxylic acid groups (broad SMARTS) is 1. The highest BCUT2D eigenvalue weighted by molar-refractivity contribution is 14.1. The van der Waals surface area contributed by atoms with Gasteiger partial charge in [-0.25, -0.2) is 14.2 Å². The third-order valence-corrected chi connectivity index (χ3v) is 5.51. The first-order chi connectivity index (χ1) is 15.3. The van der Waals surface area contributed by atoms with Gasteiger partial charge in [0.05, 0.1) is 28.3 Å². The quantitative estimate of drug-likeness (QED) is 0.259. The number of benzene rings is 2. The van der Waals surface area contributed by atoms with Crippen molar-refractivity contribution in [2.24, 2.45) is 10.2 Å². The Morgan fingerprint density at radius 1 is 0.812 bits per heavy atom. The maximum Gasteiger partial charge on any atom is 0.335 e. The number of aromatic amines is 2. The lowest BCUT2D eigenvalue weighted by Crippen LogP contribution is -2.14. The number of hydrogen-bond donors (Lipinski definition) is 3. The zero-order valence-corrected chi connectivity index (χ0v) is 19.1. The maximum atomic E-state index is 12.8.